The van der Waals surface area contributed by atoms with E-state index >= 15 is 0 Å². The van der Waals surface area contributed by atoms with Gasteiger partial charge in [-0.15, -0.1) is 0 Å². The maximum Gasteiger partial charge on any atom is 0.332 e. The van der Waals surface area contributed by atoms with Crippen LogP contribution in [0.25, 0.3) is 17.2 Å². The highest BCUT2D eigenvalue weighted by atomic mass is 35.5. The number of benzene rings is 2. The molecule has 0 bridgehead atoms. The summed E-state index contributed by atoms with van der Waals surface area (Å²) in [4.78, 5) is 33.5. The molecular formula is C26H26ClN5O2. The van der Waals surface area contributed by atoms with Crippen molar-refractivity contribution in [3.63, 3.8) is 0 Å². The Bertz CT molecular complexity index is 1530. The highest BCUT2D eigenvalue weighted by Gasteiger charge is 2.30. The molecule has 8 heteroatoms. The molecule has 7 nitrogen and oxygen atoms in total. The van der Waals surface area contributed by atoms with Crippen LogP contribution in [-0.4, -0.2) is 25.2 Å². The van der Waals surface area contributed by atoms with Crippen molar-refractivity contribution in [3.8, 4) is 0 Å². The van der Waals surface area contributed by atoms with Crippen LogP contribution >= 0.6 is 11.6 Å². The van der Waals surface area contributed by atoms with E-state index in [0.717, 1.165) is 23.4 Å². The number of halogens is 1. The first kappa shape index (κ1) is 22.2. The van der Waals surface area contributed by atoms with Crippen molar-refractivity contribution in [2.45, 2.75) is 26.9 Å². The number of rotatable bonds is 4. The Kier molecular flexibility index (Phi) is 5.65. The molecule has 1 aliphatic heterocycles. The van der Waals surface area contributed by atoms with Gasteiger partial charge in [0, 0.05) is 37.4 Å². The first-order chi connectivity index (χ1) is 16.3. The van der Waals surface area contributed by atoms with E-state index in [2.05, 4.69) is 11.8 Å². The van der Waals surface area contributed by atoms with Crippen molar-refractivity contribution < 1.29 is 0 Å². The normalized spacial score (nSPS) is 15.9. The largest absolute Gasteiger partial charge is 0.332 e. The van der Waals surface area contributed by atoms with Gasteiger partial charge in [0.2, 0.25) is 5.95 Å². The zero-order chi connectivity index (χ0) is 24.0. The quantitative estimate of drug-likeness (QED) is 0.440. The fourth-order valence-corrected chi connectivity index (χ4v) is 4.77. The van der Waals surface area contributed by atoms with Crippen LogP contribution in [0.4, 0.5) is 11.6 Å². The van der Waals surface area contributed by atoms with E-state index in [1.807, 2.05) is 72.2 Å². The van der Waals surface area contributed by atoms with Crippen LogP contribution in [0.2, 0.25) is 5.02 Å². The van der Waals surface area contributed by atoms with Gasteiger partial charge in [0.15, 0.2) is 11.2 Å². The number of aromatic nitrogens is 4. The summed E-state index contributed by atoms with van der Waals surface area (Å²) in [7, 11) is 1.67. The van der Waals surface area contributed by atoms with Crippen LogP contribution < -0.4 is 16.1 Å². The maximum absolute atomic E-state index is 13.6. The van der Waals surface area contributed by atoms with Crippen molar-refractivity contribution >= 4 is 40.5 Å². The monoisotopic (exact) mass is 475 g/mol. The Morgan fingerprint density at radius 3 is 2.65 bits per heavy atom. The summed E-state index contributed by atoms with van der Waals surface area (Å²) < 4.78 is 4.68. The van der Waals surface area contributed by atoms with Gasteiger partial charge in [-0.1, -0.05) is 67.1 Å². The molecule has 0 fully saturated rings. The van der Waals surface area contributed by atoms with Gasteiger partial charge in [0.1, 0.15) is 0 Å². The molecule has 1 atom stereocenters. The summed E-state index contributed by atoms with van der Waals surface area (Å²) in [5.74, 6) is 0.925. The summed E-state index contributed by atoms with van der Waals surface area (Å²) >= 11 is 6.30. The molecule has 34 heavy (non-hydrogen) atoms. The van der Waals surface area contributed by atoms with E-state index in [0.29, 0.717) is 28.7 Å². The highest BCUT2D eigenvalue weighted by Crippen LogP contribution is 2.35. The van der Waals surface area contributed by atoms with Gasteiger partial charge >= 0.3 is 5.69 Å². The van der Waals surface area contributed by atoms with Gasteiger partial charge in [-0.3, -0.25) is 13.9 Å². The summed E-state index contributed by atoms with van der Waals surface area (Å²) in [5.41, 5.74) is 3.15. The highest BCUT2D eigenvalue weighted by molar-refractivity contribution is 6.30. The lowest BCUT2D eigenvalue weighted by molar-refractivity contribution is 0.457. The van der Waals surface area contributed by atoms with Gasteiger partial charge in [0.05, 0.1) is 0 Å². The van der Waals surface area contributed by atoms with E-state index in [9.17, 15) is 9.59 Å². The first-order valence-corrected chi connectivity index (χ1v) is 11.7. The molecule has 0 radical (unpaired) electrons. The number of allylic oxidation sites excluding steroid dienone is 1. The fraction of sp³-hybridized carbons (Fsp3) is 0.269. The number of imidazole rings is 1. The molecule has 174 valence electrons. The third-order valence-corrected chi connectivity index (χ3v) is 6.54. The van der Waals surface area contributed by atoms with Gasteiger partial charge in [-0.05, 0) is 36.1 Å². The maximum atomic E-state index is 13.6. The first-order valence-electron chi connectivity index (χ1n) is 11.3. The van der Waals surface area contributed by atoms with E-state index in [1.54, 1.807) is 7.05 Å². The van der Waals surface area contributed by atoms with Gasteiger partial charge in [-0.25, -0.2) is 4.79 Å². The molecule has 0 aliphatic carbocycles. The molecule has 1 aliphatic rings. The van der Waals surface area contributed by atoms with Crippen molar-refractivity contribution in [1.82, 2.24) is 18.7 Å². The second-order valence-electron chi connectivity index (χ2n) is 8.91. The second kappa shape index (κ2) is 8.65. The summed E-state index contributed by atoms with van der Waals surface area (Å²) in [6.07, 6.45) is 3.75. The zero-order valence-corrected chi connectivity index (χ0v) is 20.2. The van der Waals surface area contributed by atoms with Crippen LogP contribution in [0, 0.1) is 12.8 Å². The van der Waals surface area contributed by atoms with Gasteiger partial charge < -0.3 is 9.47 Å². The molecule has 0 saturated heterocycles. The Balaban J connectivity index is 1.65. The predicted molar refractivity (Wildman–Crippen MR) is 137 cm³/mol. The lowest BCUT2D eigenvalue weighted by Crippen LogP contribution is -2.40. The molecule has 0 N–H and O–H groups in total. The van der Waals surface area contributed by atoms with Gasteiger partial charge in [0.25, 0.3) is 5.56 Å². The molecular weight excluding hydrogens is 450 g/mol. The molecule has 2 aromatic heterocycles. The number of hydrogen-bond acceptors (Lipinski definition) is 4. The van der Waals surface area contributed by atoms with Crippen LogP contribution in [0.1, 0.15) is 18.1 Å². The number of anilines is 2. The fourth-order valence-electron chi connectivity index (χ4n) is 4.60. The van der Waals surface area contributed by atoms with E-state index in [4.69, 9.17) is 16.6 Å². The minimum atomic E-state index is -0.385. The number of aryl methyl sites for hydroxylation is 2. The topological polar surface area (TPSA) is 65.1 Å². The molecule has 0 spiro atoms. The average molecular weight is 476 g/mol. The third-order valence-electron chi connectivity index (χ3n) is 6.30. The lowest BCUT2D eigenvalue weighted by atomic mass is 10.1. The number of fused-ring (bicyclic) bond motifs is 3. The molecule has 2 aromatic carbocycles. The average Bonchev–Trinajstić information content (AvgIpc) is 3.21. The smallest absolute Gasteiger partial charge is 0.311 e. The Labute approximate surface area is 202 Å². The third kappa shape index (κ3) is 3.76. The predicted octanol–water partition coefficient (Wildman–Crippen LogP) is 4.36. The Hall–Kier alpha value is -3.58. The number of nitrogens with zero attached hydrogens (tertiary/aromatic N) is 5. The minimum absolute atomic E-state index is 0.184. The molecule has 0 saturated carbocycles. The molecule has 4 aromatic rings. The molecule has 5 rings (SSSR count). The summed E-state index contributed by atoms with van der Waals surface area (Å²) in [6.45, 7) is 5.75. The van der Waals surface area contributed by atoms with E-state index < -0.39 is 0 Å². The standard InChI is InChI=1S/C26H26ClN5O2/c1-17-15-31(21-14-20(27)12-11-18(21)2)25-28-23-22(32(25)16-17)24(33)30(26(34)29(23)3)13-7-10-19-8-5-4-6-9-19/h4-12,14,17H,13,15-16H2,1-3H3/b10-7+. The van der Waals surface area contributed by atoms with E-state index in [-0.39, 0.29) is 23.7 Å². The lowest BCUT2D eigenvalue weighted by Gasteiger charge is -2.33. The summed E-state index contributed by atoms with van der Waals surface area (Å²) in [6, 6.07) is 15.6. The van der Waals surface area contributed by atoms with Crippen LogP contribution in [0.5, 0.6) is 0 Å². The summed E-state index contributed by atoms with van der Waals surface area (Å²) in [5, 5.41) is 0.640. The zero-order valence-electron chi connectivity index (χ0n) is 19.4. The van der Waals surface area contributed by atoms with Crippen LogP contribution in [-0.2, 0) is 20.1 Å². The Morgan fingerprint density at radius 2 is 1.88 bits per heavy atom. The second-order valence-corrected chi connectivity index (χ2v) is 9.35. The minimum Gasteiger partial charge on any atom is -0.311 e. The Morgan fingerprint density at radius 1 is 1.12 bits per heavy atom. The van der Waals surface area contributed by atoms with Crippen molar-refractivity contribution in [3.05, 3.63) is 91.6 Å². The van der Waals surface area contributed by atoms with Crippen molar-refractivity contribution in [1.29, 1.82) is 0 Å². The van der Waals surface area contributed by atoms with Crippen molar-refractivity contribution in [2.24, 2.45) is 13.0 Å². The van der Waals surface area contributed by atoms with E-state index in [1.165, 1.54) is 9.13 Å². The molecule has 0 amide bonds. The van der Waals surface area contributed by atoms with Crippen molar-refractivity contribution in [2.75, 3.05) is 11.4 Å². The van der Waals surface area contributed by atoms with Crippen LogP contribution in [0.3, 0.4) is 0 Å². The SMILES string of the molecule is Cc1ccc(Cl)cc1N1CC(C)Cn2c1nc1c2c(=O)n(C/C=C/c2ccccc2)c(=O)n1C. The molecule has 3 heterocycles. The molecule has 1 unspecified atom stereocenters. The number of hydrogen-bond donors (Lipinski definition) is 0. The van der Waals surface area contributed by atoms with Crippen LogP contribution in [0.15, 0.2) is 64.2 Å². The van der Waals surface area contributed by atoms with Gasteiger partial charge in [-0.2, -0.15) is 4.98 Å².